The lowest BCUT2D eigenvalue weighted by molar-refractivity contribution is -0.120. The van der Waals surface area contributed by atoms with Crippen molar-refractivity contribution in [3.63, 3.8) is 0 Å². The van der Waals surface area contributed by atoms with Gasteiger partial charge in [-0.2, -0.15) is 5.10 Å². The molecule has 1 heterocycles. The van der Waals surface area contributed by atoms with Crippen LogP contribution in [0.4, 0.5) is 11.4 Å². The zero-order valence-corrected chi connectivity index (χ0v) is 16.1. The van der Waals surface area contributed by atoms with Crippen molar-refractivity contribution in [3.8, 4) is 11.1 Å². The van der Waals surface area contributed by atoms with Crippen LogP contribution in [0.25, 0.3) is 11.1 Å². The molecule has 2 N–H and O–H groups in total. The van der Waals surface area contributed by atoms with E-state index in [9.17, 15) is 4.79 Å². The van der Waals surface area contributed by atoms with Crippen molar-refractivity contribution in [1.29, 1.82) is 0 Å². The van der Waals surface area contributed by atoms with Crippen LogP contribution in [0.3, 0.4) is 0 Å². The van der Waals surface area contributed by atoms with Crippen molar-refractivity contribution in [1.82, 2.24) is 15.5 Å². The summed E-state index contributed by atoms with van der Waals surface area (Å²) in [6, 6.07) is 15.5. The minimum atomic E-state index is -0.403. The van der Waals surface area contributed by atoms with E-state index in [0.29, 0.717) is 0 Å². The Hall–Kier alpha value is -3.12. The molecule has 6 heteroatoms. The van der Waals surface area contributed by atoms with Gasteiger partial charge in [0.05, 0.1) is 6.20 Å². The molecule has 3 aromatic rings. The quantitative estimate of drug-likeness (QED) is 0.706. The molecule has 3 rings (SSSR count). The third-order valence-electron chi connectivity index (χ3n) is 4.70. The number of nitrogens with one attached hydrogen (secondary N) is 2. The van der Waals surface area contributed by atoms with E-state index in [1.54, 1.807) is 25.2 Å². The standard InChI is InChI=1S/C21H25N5O/c1-22-20(16-7-9-18(10-8-16)25(2)3)21(27)26(4)19-11-5-15(6-12-19)17-13-23-24-14-17/h5-14,20,22H,1-4H3,(H,23,24). The van der Waals surface area contributed by atoms with E-state index >= 15 is 0 Å². The smallest absolute Gasteiger partial charge is 0.248 e. The Morgan fingerprint density at radius 2 is 1.59 bits per heavy atom. The molecule has 0 radical (unpaired) electrons. The molecule has 2 aromatic carbocycles. The summed E-state index contributed by atoms with van der Waals surface area (Å²) in [4.78, 5) is 16.8. The van der Waals surface area contributed by atoms with Crippen molar-refractivity contribution in [3.05, 3.63) is 66.5 Å². The fraction of sp³-hybridized carbons (Fsp3) is 0.238. The first-order chi connectivity index (χ1) is 13.0. The number of aromatic nitrogens is 2. The Labute approximate surface area is 159 Å². The van der Waals surface area contributed by atoms with Gasteiger partial charge < -0.3 is 15.1 Å². The van der Waals surface area contributed by atoms with E-state index < -0.39 is 6.04 Å². The number of carbonyl (C=O) groups excluding carboxylic acids is 1. The second kappa shape index (κ2) is 8.05. The van der Waals surface area contributed by atoms with E-state index in [1.807, 2.05) is 73.7 Å². The lowest BCUT2D eigenvalue weighted by Gasteiger charge is -2.24. The van der Waals surface area contributed by atoms with Crippen LogP contribution in [-0.2, 0) is 4.79 Å². The Kier molecular flexibility index (Phi) is 5.57. The monoisotopic (exact) mass is 363 g/mol. The van der Waals surface area contributed by atoms with Gasteiger partial charge in [0, 0.05) is 44.3 Å². The molecule has 0 spiro atoms. The van der Waals surface area contributed by atoms with Crippen LogP contribution in [0.2, 0.25) is 0 Å². The number of likely N-dealkylation sites (N-methyl/N-ethyl adjacent to an activating group) is 2. The number of anilines is 2. The van der Waals surface area contributed by atoms with Crippen LogP contribution in [0.15, 0.2) is 60.9 Å². The molecule has 0 saturated heterocycles. The van der Waals surface area contributed by atoms with Crippen molar-refractivity contribution < 1.29 is 4.79 Å². The Morgan fingerprint density at radius 3 is 2.11 bits per heavy atom. The molecule has 0 fully saturated rings. The normalized spacial score (nSPS) is 11.9. The molecule has 0 saturated carbocycles. The molecule has 27 heavy (non-hydrogen) atoms. The maximum absolute atomic E-state index is 13.0. The number of benzene rings is 2. The zero-order chi connectivity index (χ0) is 19.4. The van der Waals surface area contributed by atoms with Gasteiger partial charge in [-0.1, -0.05) is 24.3 Å². The highest BCUT2D eigenvalue weighted by Crippen LogP contribution is 2.25. The molecular weight excluding hydrogens is 338 g/mol. The van der Waals surface area contributed by atoms with Crippen LogP contribution in [0, 0.1) is 0 Å². The number of hydrogen-bond donors (Lipinski definition) is 2. The average Bonchev–Trinajstić information content (AvgIpc) is 3.23. The van der Waals surface area contributed by atoms with E-state index in [2.05, 4.69) is 15.5 Å². The maximum Gasteiger partial charge on any atom is 0.248 e. The highest BCUT2D eigenvalue weighted by Gasteiger charge is 2.23. The van der Waals surface area contributed by atoms with Crippen LogP contribution in [-0.4, -0.2) is 44.3 Å². The summed E-state index contributed by atoms with van der Waals surface area (Å²) < 4.78 is 0. The largest absolute Gasteiger partial charge is 0.378 e. The van der Waals surface area contributed by atoms with Crippen LogP contribution in [0.1, 0.15) is 11.6 Å². The highest BCUT2D eigenvalue weighted by atomic mass is 16.2. The summed E-state index contributed by atoms with van der Waals surface area (Å²) in [6.45, 7) is 0. The van der Waals surface area contributed by atoms with Crippen molar-refractivity contribution >= 4 is 17.3 Å². The van der Waals surface area contributed by atoms with Gasteiger partial charge in [-0.25, -0.2) is 0 Å². The third-order valence-corrected chi connectivity index (χ3v) is 4.70. The second-order valence-corrected chi connectivity index (χ2v) is 6.64. The SMILES string of the molecule is CNC(C(=O)N(C)c1ccc(-c2cn[nH]c2)cc1)c1ccc(N(C)C)cc1. The van der Waals surface area contributed by atoms with Crippen LogP contribution in [0.5, 0.6) is 0 Å². The summed E-state index contributed by atoms with van der Waals surface area (Å²) in [7, 11) is 7.60. The molecule has 6 nitrogen and oxygen atoms in total. The number of amides is 1. The molecule has 140 valence electrons. The minimum absolute atomic E-state index is 0.00818. The van der Waals surface area contributed by atoms with E-state index in [4.69, 9.17) is 0 Å². The topological polar surface area (TPSA) is 64.3 Å². The summed E-state index contributed by atoms with van der Waals surface area (Å²) in [5.74, 6) is -0.00818. The molecule has 1 atom stereocenters. The molecule has 1 aromatic heterocycles. The summed E-state index contributed by atoms with van der Waals surface area (Å²) in [5.41, 5.74) is 4.96. The van der Waals surface area contributed by atoms with Crippen molar-refractivity contribution in [2.75, 3.05) is 38.0 Å². The van der Waals surface area contributed by atoms with Gasteiger partial charge in [0.2, 0.25) is 5.91 Å². The maximum atomic E-state index is 13.0. The number of nitrogens with zero attached hydrogens (tertiary/aromatic N) is 3. The van der Waals surface area contributed by atoms with Crippen LogP contribution >= 0.6 is 0 Å². The lowest BCUT2D eigenvalue weighted by Crippen LogP contribution is -2.37. The predicted octanol–water partition coefficient (Wildman–Crippen LogP) is 3.07. The number of hydrogen-bond acceptors (Lipinski definition) is 4. The minimum Gasteiger partial charge on any atom is -0.378 e. The number of rotatable bonds is 6. The van der Waals surface area contributed by atoms with E-state index in [0.717, 1.165) is 28.1 Å². The first-order valence-corrected chi connectivity index (χ1v) is 8.82. The van der Waals surface area contributed by atoms with E-state index in [-0.39, 0.29) is 5.91 Å². The molecule has 1 amide bonds. The molecule has 0 bridgehead atoms. The number of H-pyrrole nitrogens is 1. The van der Waals surface area contributed by atoms with Gasteiger partial charge in [-0.15, -0.1) is 0 Å². The first kappa shape index (κ1) is 18.7. The van der Waals surface area contributed by atoms with Crippen LogP contribution < -0.4 is 15.1 Å². The highest BCUT2D eigenvalue weighted by molar-refractivity contribution is 5.97. The lowest BCUT2D eigenvalue weighted by atomic mass is 10.0. The van der Waals surface area contributed by atoms with E-state index in [1.165, 1.54) is 0 Å². The molecule has 0 aliphatic rings. The Balaban J connectivity index is 1.78. The van der Waals surface area contributed by atoms with Gasteiger partial charge in [0.15, 0.2) is 0 Å². The zero-order valence-electron chi connectivity index (χ0n) is 16.1. The molecule has 0 aliphatic heterocycles. The van der Waals surface area contributed by atoms with Crippen molar-refractivity contribution in [2.24, 2.45) is 0 Å². The van der Waals surface area contributed by atoms with Gasteiger partial charge >= 0.3 is 0 Å². The predicted molar refractivity (Wildman–Crippen MR) is 110 cm³/mol. The average molecular weight is 363 g/mol. The van der Waals surface area contributed by atoms with Gasteiger partial charge in [0.1, 0.15) is 6.04 Å². The fourth-order valence-corrected chi connectivity index (χ4v) is 3.00. The summed E-state index contributed by atoms with van der Waals surface area (Å²) in [6.07, 6.45) is 3.62. The second-order valence-electron chi connectivity index (χ2n) is 6.64. The molecule has 0 aliphatic carbocycles. The number of carbonyl (C=O) groups is 1. The third kappa shape index (κ3) is 4.01. The Bertz CT molecular complexity index is 870. The van der Waals surface area contributed by atoms with Crippen molar-refractivity contribution in [2.45, 2.75) is 6.04 Å². The van der Waals surface area contributed by atoms with Gasteiger partial charge in [-0.05, 0) is 42.4 Å². The summed E-state index contributed by atoms with van der Waals surface area (Å²) in [5, 5.41) is 9.91. The molecular formula is C21H25N5O. The fourth-order valence-electron chi connectivity index (χ4n) is 3.00. The Morgan fingerprint density at radius 1 is 0.963 bits per heavy atom. The first-order valence-electron chi connectivity index (χ1n) is 8.82. The molecule has 1 unspecified atom stereocenters. The van der Waals surface area contributed by atoms with Gasteiger partial charge in [0.25, 0.3) is 0 Å². The van der Waals surface area contributed by atoms with Gasteiger partial charge in [-0.3, -0.25) is 9.89 Å². The number of aromatic amines is 1. The summed E-state index contributed by atoms with van der Waals surface area (Å²) >= 11 is 0.